The van der Waals surface area contributed by atoms with E-state index in [1.165, 1.54) is 24.2 Å². The number of pyridine rings is 1. The molecule has 3 aromatic heterocycles. The van der Waals surface area contributed by atoms with E-state index in [1.54, 1.807) is 30.2 Å². The topological polar surface area (TPSA) is 93.8 Å². The summed E-state index contributed by atoms with van der Waals surface area (Å²) in [4.78, 5) is 23.6. The predicted octanol–water partition coefficient (Wildman–Crippen LogP) is 1.61. The molecule has 8 heteroatoms. The van der Waals surface area contributed by atoms with Gasteiger partial charge in [0.25, 0.3) is 0 Å². The summed E-state index contributed by atoms with van der Waals surface area (Å²) in [5, 5.41) is 15.1. The smallest absolute Gasteiger partial charge is 0.338 e. The Kier molecular flexibility index (Phi) is 3.07. The number of aryl methyl sites for hydroxylation is 1. The SMILES string of the molecule is Cn1ncc2c(Sc3ncccc3C(=O)O)ncnc21. The Hall–Kier alpha value is -2.48. The number of carbonyl (C=O) groups is 1. The van der Waals surface area contributed by atoms with Crippen LogP contribution in [0.3, 0.4) is 0 Å². The molecule has 0 amide bonds. The van der Waals surface area contributed by atoms with E-state index < -0.39 is 5.97 Å². The number of rotatable bonds is 3. The summed E-state index contributed by atoms with van der Waals surface area (Å²) in [5.41, 5.74) is 0.837. The Balaban J connectivity index is 2.08. The molecule has 0 saturated heterocycles. The summed E-state index contributed by atoms with van der Waals surface area (Å²) in [6.45, 7) is 0. The molecule has 0 aliphatic carbocycles. The molecule has 0 radical (unpaired) electrons. The van der Waals surface area contributed by atoms with Crippen LogP contribution in [-0.4, -0.2) is 35.8 Å². The molecule has 3 heterocycles. The van der Waals surface area contributed by atoms with Crippen molar-refractivity contribution in [3.8, 4) is 0 Å². The lowest BCUT2D eigenvalue weighted by molar-refractivity contribution is 0.0692. The maximum Gasteiger partial charge on any atom is 0.338 e. The van der Waals surface area contributed by atoms with Crippen LogP contribution in [0.5, 0.6) is 0 Å². The van der Waals surface area contributed by atoms with Gasteiger partial charge in [0, 0.05) is 13.2 Å². The van der Waals surface area contributed by atoms with Crippen molar-refractivity contribution in [2.45, 2.75) is 10.1 Å². The average Bonchev–Trinajstić information content (AvgIpc) is 2.82. The first kappa shape index (κ1) is 12.5. The number of aromatic carboxylic acids is 1. The standard InChI is InChI=1S/C12H9N5O2S/c1-17-9-8(5-16-17)11(15-6-14-9)20-10-7(12(18)19)3-2-4-13-10/h2-6H,1H3,(H,18,19). The highest BCUT2D eigenvalue weighted by molar-refractivity contribution is 7.99. The van der Waals surface area contributed by atoms with E-state index in [4.69, 9.17) is 5.11 Å². The molecule has 0 saturated carbocycles. The molecule has 0 spiro atoms. The van der Waals surface area contributed by atoms with Crippen LogP contribution in [0.15, 0.2) is 40.9 Å². The van der Waals surface area contributed by atoms with Crippen molar-refractivity contribution in [2.24, 2.45) is 7.05 Å². The molecule has 0 aliphatic rings. The highest BCUT2D eigenvalue weighted by Crippen LogP contribution is 2.31. The van der Waals surface area contributed by atoms with Crippen molar-refractivity contribution in [1.82, 2.24) is 24.7 Å². The van der Waals surface area contributed by atoms with E-state index in [0.29, 0.717) is 15.7 Å². The van der Waals surface area contributed by atoms with E-state index >= 15 is 0 Å². The van der Waals surface area contributed by atoms with Crippen LogP contribution in [0.4, 0.5) is 0 Å². The van der Waals surface area contributed by atoms with Crippen molar-refractivity contribution in [2.75, 3.05) is 0 Å². The van der Waals surface area contributed by atoms with E-state index in [9.17, 15) is 4.79 Å². The number of hydrogen-bond acceptors (Lipinski definition) is 6. The molecule has 7 nitrogen and oxygen atoms in total. The molecule has 0 fully saturated rings. The summed E-state index contributed by atoms with van der Waals surface area (Å²) in [5.74, 6) is -1.02. The molecule has 0 atom stereocenters. The van der Waals surface area contributed by atoms with Crippen molar-refractivity contribution in [3.05, 3.63) is 36.4 Å². The first-order chi connectivity index (χ1) is 9.66. The second kappa shape index (κ2) is 4.89. The first-order valence-corrected chi connectivity index (χ1v) is 6.47. The normalized spacial score (nSPS) is 10.8. The van der Waals surface area contributed by atoms with Gasteiger partial charge < -0.3 is 5.11 Å². The first-order valence-electron chi connectivity index (χ1n) is 5.65. The third-order valence-electron chi connectivity index (χ3n) is 2.69. The fourth-order valence-electron chi connectivity index (χ4n) is 1.75. The molecule has 0 aliphatic heterocycles. The predicted molar refractivity (Wildman–Crippen MR) is 71.6 cm³/mol. The zero-order valence-electron chi connectivity index (χ0n) is 10.4. The Bertz CT molecular complexity index is 801. The molecule has 0 unspecified atom stereocenters. The minimum atomic E-state index is -1.02. The fourth-order valence-corrected chi connectivity index (χ4v) is 2.66. The average molecular weight is 287 g/mol. The lowest BCUT2D eigenvalue weighted by Gasteiger charge is -2.04. The maximum absolute atomic E-state index is 11.2. The van der Waals surface area contributed by atoms with Crippen molar-refractivity contribution in [3.63, 3.8) is 0 Å². The van der Waals surface area contributed by atoms with Gasteiger partial charge in [0.2, 0.25) is 0 Å². The number of fused-ring (bicyclic) bond motifs is 1. The van der Waals surface area contributed by atoms with Crippen LogP contribution >= 0.6 is 11.8 Å². The minimum absolute atomic E-state index is 0.146. The Morgan fingerprint density at radius 2 is 2.15 bits per heavy atom. The van der Waals surface area contributed by atoms with Crippen LogP contribution in [0.1, 0.15) is 10.4 Å². The van der Waals surface area contributed by atoms with Crippen molar-refractivity contribution >= 4 is 28.8 Å². The van der Waals surface area contributed by atoms with Gasteiger partial charge in [-0.2, -0.15) is 5.10 Å². The number of carboxylic acid groups (broad SMARTS) is 1. The number of carboxylic acids is 1. The van der Waals surface area contributed by atoms with Gasteiger partial charge in [-0.3, -0.25) is 4.68 Å². The molecule has 3 aromatic rings. The van der Waals surface area contributed by atoms with Crippen LogP contribution < -0.4 is 0 Å². The maximum atomic E-state index is 11.2. The lowest BCUT2D eigenvalue weighted by Crippen LogP contribution is -2.00. The largest absolute Gasteiger partial charge is 0.478 e. The summed E-state index contributed by atoms with van der Waals surface area (Å²) >= 11 is 1.19. The summed E-state index contributed by atoms with van der Waals surface area (Å²) in [6.07, 6.45) is 4.63. The fraction of sp³-hybridized carbons (Fsp3) is 0.0833. The van der Waals surface area contributed by atoms with E-state index in [0.717, 1.165) is 5.39 Å². The van der Waals surface area contributed by atoms with Gasteiger partial charge in [-0.1, -0.05) is 0 Å². The molecular formula is C12H9N5O2S. The lowest BCUT2D eigenvalue weighted by atomic mass is 10.3. The van der Waals surface area contributed by atoms with Gasteiger partial charge in [0.1, 0.15) is 16.4 Å². The van der Waals surface area contributed by atoms with Crippen LogP contribution in [-0.2, 0) is 7.05 Å². The zero-order valence-corrected chi connectivity index (χ0v) is 11.2. The molecule has 1 N–H and O–H groups in total. The molecule has 0 bridgehead atoms. The molecular weight excluding hydrogens is 278 g/mol. The monoisotopic (exact) mass is 287 g/mol. The van der Waals surface area contributed by atoms with Gasteiger partial charge in [-0.25, -0.2) is 19.7 Å². The van der Waals surface area contributed by atoms with E-state index in [1.807, 2.05) is 0 Å². The number of nitrogens with zero attached hydrogens (tertiary/aromatic N) is 5. The van der Waals surface area contributed by atoms with Gasteiger partial charge in [-0.15, -0.1) is 0 Å². The molecule has 20 heavy (non-hydrogen) atoms. The third kappa shape index (κ3) is 2.10. The molecule has 100 valence electrons. The van der Waals surface area contributed by atoms with Crippen LogP contribution in [0.2, 0.25) is 0 Å². The van der Waals surface area contributed by atoms with Crippen LogP contribution in [0, 0.1) is 0 Å². The second-order valence-corrected chi connectivity index (χ2v) is 4.93. The zero-order chi connectivity index (χ0) is 14.1. The Morgan fingerprint density at radius 1 is 1.30 bits per heavy atom. The van der Waals surface area contributed by atoms with Gasteiger partial charge >= 0.3 is 5.97 Å². The summed E-state index contributed by atoms with van der Waals surface area (Å²) in [7, 11) is 1.78. The Labute approximate surface area is 117 Å². The van der Waals surface area contributed by atoms with E-state index in [-0.39, 0.29) is 5.56 Å². The molecule has 0 aromatic carbocycles. The minimum Gasteiger partial charge on any atom is -0.478 e. The number of hydrogen-bond donors (Lipinski definition) is 1. The van der Waals surface area contributed by atoms with Gasteiger partial charge in [-0.05, 0) is 23.9 Å². The second-order valence-electron chi connectivity index (χ2n) is 3.95. The Morgan fingerprint density at radius 3 is 2.95 bits per heavy atom. The van der Waals surface area contributed by atoms with Crippen molar-refractivity contribution in [1.29, 1.82) is 0 Å². The van der Waals surface area contributed by atoms with Gasteiger partial charge in [0.15, 0.2) is 5.65 Å². The third-order valence-corrected chi connectivity index (χ3v) is 3.73. The molecule has 3 rings (SSSR count). The summed E-state index contributed by atoms with van der Waals surface area (Å²) in [6, 6.07) is 3.10. The summed E-state index contributed by atoms with van der Waals surface area (Å²) < 4.78 is 1.64. The van der Waals surface area contributed by atoms with Crippen LogP contribution in [0.25, 0.3) is 11.0 Å². The van der Waals surface area contributed by atoms with Crippen molar-refractivity contribution < 1.29 is 9.90 Å². The van der Waals surface area contributed by atoms with Gasteiger partial charge in [0.05, 0.1) is 17.1 Å². The quantitative estimate of drug-likeness (QED) is 0.731. The highest BCUT2D eigenvalue weighted by Gasteiger charge is 2.15. The highest BCUT2D eigenvalue weighted by atomic mass is 32.2. The number of aromatic nitrogens is 5. The van der Waals surface area contributed by atoms with E-state index in [2.05, 4.69) is 20.1 Å².